The summed E-state index contributed by atoms with van der Waals surface area (Å²) in [5, 5.41) is 31.6. The minimum atomic E-state index is -0.849. The lowest BCUT2D eigenvalue weighted by molar-refractivity contribution is 0.183. The first-order valence-corrected chi connectivity index (χ1v) is 12.6. The maximum atomic E-state index is 11.6. The summed E-state index contributed by atoms with van der Waals surface area (Å²) in [6.45, 7) is 3.91. The number of aliphatic hydroxyl groups is 1. The second kappa shape index (κ2) is 10.5. The van der Waals surface area contributed by atoms with Gasteiger partial charge in [0.2, 0.25) is 0 Å². The largest absolute Gasteiger partial charge is 0.508 e. The molecule has 1 fully saturated rings. The van der Waals surface area contributed by atoms with Gasteiger partial charge in [0.05, 0.1) is 0 Å². The number of fused-ring (bicyclic) bond motifs is 1. The van der Waals surface area contributed by atoms with Crippen molar-refractivity contribution >= 4 is 11.1 Å². The molecule has 1 heterocycles. The molecule has 0 bridgehead atoms. The molecule has 1 saturated heterocycles. The third kappa shape index (κ3) is 5.37. The lowest BCUT2D eigenvalue weighted by atomic mass is 9.79. The predicted octanol–water partition coefficient (Wildman–Crippen LogP) is 5.55. The van der Waals surface area contributed by atoms with E-state index in [2.05, 4.69) is 4.90 Å². The van der Waals surface area contributed by atoms with Crippen molar-refractivity contribution in [2.24, 2.45) is 0 Å². The lowest BCUT2D eigenvalue weighted by Crippen LogP contribution is -2.33. The van der Waals surface area contributed by atoms with E-state index in [1.165, 1.54) is 19.3 Å². The topological polar surface area (TPSA) is 73.2 Å². The maximum Gasteiger partial charge on any atom is 0.119 e. The number of nitrogens with zero attached hydrogens (tertiary/aromatic N) is 1. The van der Waals surface area contributed by atoms with Crippen molar-refractivity contribution in [1.29, 1.82) is 0 Å². The first-order valence-electron chi connectivity index (χ1n) is 12.6. The van der Waals surface area contributed by atoms with Crippen molar-refractivity contribution in [1.82, 2.24) is 4.90 Å². The van der Waals surface area contributed by atoms with Gasteiger partial charge in [0.25, 0.3) is 0 Å². The molecule has 1 atom stereocenters. The van der Waals surface area contributed by atoms with E-state index in [-0.39, 0.29) is 11.5 Å². The number of ether oxygens (including phenoxy) is 1. The highest BCUT2D eigenvalue weighted by Gasteiger charge is 2.27. The molecule has 1 unspecified atom stereocenters. The summed E-state index contributed by atoms with van der Waals surface area (Å²) in [6, 6.07) is 20.2. The predicted molar refractivity (Wildman–Crippen MR) is 139 cm³/mol. The van der Waals surface area contributed by atoms with Gasteiger partial charge >= 0.3 is 0 Å². The minimum absolute atomic E-state index is 0.200. The lowest BCUT2D eigenvalue weighted by Gasteiger charge is -2.28. The quantitative estimate of drug-likeness (QED) is 0.421. The van der Waals surface area contributed by atoms with Crippen molar-refractivity contribution in [2.75, 3.05) is 26.2 Å². The molecule has 0 saturated carbocycles. The summed E-state index contributed by atoms with van der Waals surface area (Å²) >= 11 is 0. The standard InChI is InChI=1S/C30H33NO4/c32-24-6-4-5-22(19-24)27-13-9-23-20-25(33)10-14-28(23)29(27)30(34)21-7-11-26(12-8-21)35-18-17-31-15-2-1-3-16-31/h4-8,10-12,14,19-20,30,32-34H,1-3,9,13,15-18H2. The SMILES string of the molecule is Oc1cccc(C2=C(C(O)c3ccc(OCCN4CCCCC4)cc3)c3ccc(O)cc3CC2)c1. The van der Waals surface area contributed by atoms with Crippen LogP contribution in [0.25, 0.3) is 11.1 Å². The molecular weight excluding hydrogens is 438 g/mol. The van der Waals surface area contributed by atoms with Crippen LogP contribution in [0.4, 0.5) is 0 Å². The summed E-state index contributed by atoms with van der Waals surface area (Å²) in [7, 11) is 0. The van der Waals surface area contributed by atoms with Crippen molar-refractivity contribution < 1.29 is 20.1 Å². The molecule has 1 aliphatic heterocycles. The van der Waals surface area contributed by atoms with E-state index in [0.717, 1.165) is 65.2 Å². The molecule has 5 rings (SSSR count). The van der Waals surface area contributed by atoms with Gasteiger partial charge in [0, 0.05) is 6.54 Å². The molecular formula is C30H33NO4. The molecule has 35 heavy (non-hydrogen) atoms. The highest BCUT2D eigenvalue weighted by molar-refractivity contribution is 5.95. The number of hydrogen-bond donors (Lipinski definition) is 3. The molecule has 0 amide bonds. The van der Waals surface area contributed by atoms with Crippen LogP contribution < -0.4 is 4.74 Å². The van der Waals surface area contributed by atoms with E-state index >= 15 is 0 Å². The molecule has 1 aliphatic carbocycles. The van der Waals surface area contributed by atoms with Crippen molar-refractivity contribution in [3.8, 4) is 17.2 Å². The first-order chi connectivity index (χ1) is 17.1. The van der Waals surface area contributed by atoms with Crippen LogP contribution in [0.15, 0.2) is 66.7 Å². The fraction of sp³-hybridized carbons (Fsp3) is 0.333. The van der Waals surface area contributed by atoms with Crippen LogP contribution in [0.3, 0.4) is 0 Å². The zero-order valence-electron chi connectivity index (χ0n) is 20.0. The Labute approximate surface area is 206 Å². The van der Waals surface area contributed by atoms with Crippen LogP contribution >= 0.6 is 0 Å². The number of allylic oxidation sites excluding steroid dienone is 1. The van der Waals surface area contributed by atoms with Gasteiger partial charge in [-0.2, -0.15) is 0 Å². The highest BCUT2D eigenvalue weighted by Crippen LogP contribution is 2.44. The summed E-state index contributed by atoms with van der Waals surface area (Å²) in [4.78, 5) is 2.45. The fourth-order valence-electron chi connectivity index (χ4n) is 5.30. The van der Waals surface area contributed by atoms with Gasteiger partial charge < -0.3 is 20.1 Å². The van der Waals surface area contributed by atoms with Gasteiger partial charge in [-0.05, 0) is 109 Å². The Morgan fingerprint density at radius 2 is 1.60 bits per heavy atom. The zero-order valence-corrected chi connectivity index (χ0v) is 20.0. The third-order valence-electron chi connectivity index (χ3n) is 7.14. The van der Waals surface area contributed by atoms with E-state index in [0.29, 0.717) is 13.0 Å². The molecule has 0 radical (unpaired) electrons. The Hall–Kier alpha value is -3.28. The molecule has 3 aromatic carbocycles. The number of benzene rings is 3. The number of rotatable bonds is 7. The van der Waals surface area contributed by atoms with Gasteiger partial charge in [-0.25, -0.2) is 0 Å². The summed E-state index contributed by atoms with van der Waals surface area (Å²) in [6.07, 6.45) is 4.50. The Balaban J connectivity index is 1.39. The van der Waals surface area contributed by atoms with Gasteiger partial charge in [0.15, 0.2) is 0 Å². The number of piperidine rings is 1. The second-order valence-corrected chi connectivity index (χ2v) is 9.51. The van der Waals surface area contributed by atoms with Gasteiger partial charge in [-0.1, -0.05) is 36.8 Å². The van der Waals surface area contributed by atoms with Crippen LogP contribution in [-0.4, -0.2) is 46.5 Å². The van der Waals surface area contributed by atoms with Crippen LogP contribution in [-0.2, 0) is 6.42 Å². The number of hydrogen-bond acceptors (Lipinski definition) is 5. The molecule has 5 nitrogen and oxygen atoms in total. The van der Waals surface area contributed by atoms with Gasteiger partial charge in [-0.3, -0.25) is 4.90 Å². The van der Waals surface area contributed by atoms with Crippen molar-refractivity contribution in [3.05, 3.63) is 89.0 Å². The number of aryl methyl sites for hydroxylation is 1. The highest BCUT2D eigenvalue weighted by atomic mass is 16.5. The van der Waals surface area contributed by atoms with E-state index in [4.69, 9.17) is 4.74 Å². The molecule has 5 heteroatoms. The Bertz CT molecular complexity index is 1200. The Kier molecular flexibility index (Phi) is 7.07. The number of phenolic OH excluding ortho intramolecular Hbond substituents is 2. The fourth-order valence-corrected chi connectivity index (χ4v) is 5.30. The monoisotopic (exact) mass is 471 g/mol. The molecule has 3 N–H and O–H groups in total. The van der Waals surface area contributed by atoms with Gasteiger partial charge in [0.1, 0.15) is 30.0 Å². The van der Waals surface area contributed by atoms with Crippen LogP contribution in [0.5, 0.6) is 17.2 Å². The molecule has 2 aliphatic rings. The molecule has 182 valence electrons. The van der Waals surface area contributed by atoms with Crippen LogP contribution in [0.2, 0.25) is 0 Å². The third-order valence-corrected chi connectivity index (χ3v) is 7.14. The maximum absolute atomic E-state index is 11.6. The second-order valence-electron chi connectivity index (χ2n) is 9.51. The average Bonchev–Trinajstić information content (AvgIpc) is 2.88. The van der Waals surface area contributed by atoms with Crippen LogP contribution in [0.1, 0.15) is 54.0 Å². The first kappa shape index (κ1) is 23.5. The number of likely N-dealkylation sites (tertiary alicyclic amines) is 1. The van der Waals surface area contributed by atoms with Crippen LogP contribution in [0, 0.1) is 0 Å². The van der Waals surface area contributed by atoms with E-state index in [1.54, 1.807) is 24.3 Å². The Morgan fingerprint density at radius 1 is 0.829 bits per heavy atom. The van der Waals surface area contributed by atoms with Gasteiger partial charge in [-0.15, -0.1) is 0 Å². The summed E-state index contributed by atoms with van der Waals surface area (Å²) in [5.74, 6) is 1.23. The molecule has 3 aromatic rings. The smallest absolute Gasteiger partial charge is 0.119 e. The summed E-state index contributed by atoms with van der Waals surface area (Å²) in [5.41, 5.74) is 5.45. The summed E-state index contributed by atoms with van der Waals surface area (Å²) < 4.78 is 5.97. The number of aliphatic hydroxyl groups excluding tert-OH is 1. The number of phenols is 2. The van der Waals surface area contributed by atoms with E-state index in [1.807, 2.05) is 42.5 Å². The normalized spacial score (nSPS) is 17.2. The minimum Gasteiger partial charge on any atom is -0.508 e. The molecule has 0 aromatic heterocycles. The molecule has 0 spiro atoms. The van der Waals surface area contributed by atoms with Crippen molar-refractivity contribution in [3.63, 3.8) is 0 Å². The van der Waals surface area contributed by atoms with Crippen molar-refractivity contribution in [2.45, 2.75) is 38.2 Å². The zero-order chi connectivity index (χ0) is 24.2. The Morgan fingerprint density at radius 3 is 2.37 bits per heavy atom. The average molecular weight is 472 g/mol. The van der Waals surface area contributed by atoms with E-state index in [9.17, 15) is 15.3 Å². The van der Waals surface area contributed by atoms with E-state index < -0.39 is 6.10 Å². The number of aromatic hydroxyl groups is 2.